The molecule has 4 heteroatoms. The van der Waals surface area contributed by atoms with E-state index in [4.69, 9.17) is 5.11 Å². The van der Waals surface area contributed by atoms with Crippen LogP contribution < -0.4 is 0 Å². The Morgan fingerprint density at radius 2 is 2.12 bits per heavy atom. The molecule has 1 heterocycles. The van der Waals surface area contributed by atoms with Gasteiger partial charge in [-0.3, -0.25) is 4.79 Å². The highest BCUT2D eigenvalue weighted by molar-refractivity contribution is 5.84. The molecule has 1 unspecified atom stereocenters. The smallest absolute Gasteiger partial charge is 0.306 e. The quantitative estimate of drug-likeness (QED) is 0.851. The van der Waals surface area contributed by atoms with Gasteiger partial charge in [-0.05, 0) is 12.0 Å². The van der Waals surface area contributed by atoms with E-state index in [-0.39, 0.29) is 0 Å². The van der Waals surface area contributed by atoms with E-state index in [9.17, 15) is 4.79 Å². The minimum Gasteiger partial charge on any atom is -0.481 e. The molecule has 2 rings (SSSR count). The Balaban J connectivity index is 2.41. The van der Waals surface area contributed by atoms with Gasteiger partial charge < -0.3 is 5.11 Å². The Bertz CT molecular complexity index is 520. The highest BCUT2D eigenvalue weighted by atomic mass is 16.4. The molecule has 4 nitrogen and oxygen atoms in total. The van der Waals surface area contributed by atoms with Gasteiger partial charge in [0.25, 0.3) is 0 Å². The Labute approximate surface area is 92.9 Å². The number of aliphatic carboxylic acids is 1. The Kier molecular flexibility index (Phi) is 2.81. The van der Waals surface area contributed by atoms with Crippen molar-refractivity contribution in [2.45, 2.75) is 13.3 Å². The van der Waals surface area contributed by atoms with Crippen molar-refractivity contribution in [1.82, 2.24) is 10.2 Å². The molecule has 0 bridgehead atoms. The van der Waals surface area contributed by atoms with Crippen molar-refractivity contribution >= 4 is 16.7 Å². The van der Waals surface area contributed by atoms with Crippen LogP contribution in [0.25, 0.3) is 10.8 Å². The van der Waals surface area contributed by atoms with Crippen LogP contribution in [0.1, 0.15) is 12.5 Å². The fourth-order valence-electron chi connectivity index (χ4n) is 1.68. The largest absolute Gasteiger partial charge is 0.481 e. The second kappa shape index (κ2) is 4.26. The van der Waals surface area contributed by atoms with Crippen LogP contribution in [0.4, 0.5) is 0 Å². The molecule has 0 spiro atoms. The molecule has 0 saturated carbocycles. The van der Waals surface area contributed by atoms with Crippen molar-refractivity contribution < 1.29 is 9.90 Å². The van der Waals surface area contributed by atoms with Crippen molar-refractivity contribution in [2.24, 2.45) is 5.92 Å². The fraction of sp³-hybridized carbons (Fsp3) is 0.250. The zero-order valence-corrected chi connectivity index (χ0v) is 8.92. The lowest BCUT2D eigenvalue weighted by molar-refractivity contribution is -0.141. The van der Waals surface area contributed by atoms with Gasteiger partial charge in [0.05, 0.1) is 18.3 Å². The highest BCUT2D eigenvalue weighted by Gasteiger charge is 2.13. The zero-order valence-electron chi connectivity index (χ0n) is 8.92. The van der Waals surface area contributed by atoms with Crippen molar-refractivity contribution in [3.63, 3.8) is 0 Å². The SMILES string of the molecule is CC(Cc1cccc2cnncc12)C(=O)O. The van der Waals surface area contributed by atoms with Crippen LogP contribution in [-0.2, 0) is 11.2 Å². The number of fused-ring (bicyclic) bond motifs is 1. The third-order valence-electron chi connectivity index (χ3n) is 2.63. The van der Waals surface area contributed by atoms with Gasteiger partial charge in [0, 0.05) is 10.8 Å². The lowest BCUT2D eigenvalue weighted by Gasteiger charge is -2.08. The highest BCUT2D eigenvalue weighted by Crippen LogP contribution is 2.19. The third-order valence-corrected chi connectivity index (χ3v) is 2.63. The topological polar surface area (TPSA) is 63.1 Å². The fourth-order valence-corrected chi connectivity index (χ4v) is 1.68. The van der Waals surface area contributed by atoms with E-state index in [0.29, 0.717) is 6.42 Å². The Morgan fingerprint density at radius 3 is 2.88 bits per heavy atom. The maximum absolute atomic E-state index is 10.8. The third kappa shape index (κ3) is 2.00. The molecule has 0 aliphatic heterocycles. The first-order valence-corrected chi connectivity index (χ1v) is 5.09. The van der Waals surface area contributed by atoms with Gasteiger partial charge in [-0.2, -0.15) is 10.2 Å². The number of aromatic nitrogens is 2. The summed E-state index contributed by atoms with van der Waals surface area (Å²) < 4.78 is 0. The molecule has 0 saturated heterocycles. The molecule has 0 radical (unpaired) electrons. The monoisotopic (exact) mass is 216 g/mol. The molecule has 16 heavy (non-hydrogen) atoms. The van der Waals surface area contributed by atoms with Crippen LogP contribution in [0.5, 0.6) is 0 Å². The molecule has 0 aliphatic rings. The molecule has 1 N–H and O–H groups in total. The van der Waals surface area contributed by atoms with Gasteiger partial charge >= 0.3 is 5.97 Å². The van der Waals surface area contributed by atoms with Crippen molar-refractivity contribution in [2.75, 3.05) is 0 Å². The van der Waals surface area contributed by atoms with E-state index >= 15 is 0 Å². The minimum atomic E-state index is -0.779. The van der Waals surface area contributed by atoms with Crippen molar-refractivity contribution in [3.8, 4) is 0 Å². The Morgan fingerprint density at radius 1 is 1.38 bits per heavy atom. The lowest BCUT2D eigenvalue weighted by Crippen LogP contribution is -2.12. The summed E-state index contributed by atoms with van der Waals surface area (Å²) in [7, 11) is 0. The van der Waals surface area contributed by atoms with E-state index < -0.39 is 11.9 Å². The Hall–Kier alpha value is -1.97. The first kappa shape index (κ1) is 10.5. The van der Waals surface area contributed by atoms with Crippen LogP contribution in [-0.4, -0.2) is 21.3 Å². The molecule has 0 amide bonds. The summed E-state index contributed by atoms with van der Waals surface area (Å²) in [6.45, 7) is 1.70. The predicted octanol–water partition coefficient (Wildman–Crippen LogP) is 1.89. The number of carboxylic acids is 1. The summed E-state index contributed by atoms with van der Waals surface area (Å²) in [6, 6.07) is 5.79. The number of carbonyl (C=O) groups is 1. The molecule has 82 valence electrons. The molecule has 1 aromatic heterocycles. The summed E-state index contributed by atoms with van der Waals surface area (Å²) >= 11 is 0. The van der Waals surface area contributed by atoms with E-state index in [1.165, 1.54) is 0 Å². The van der Waals surface area contributed by atoms with Gasteiger partial charge in [0.2, 0.25) is 0 Å². The molecular formula is C12H12N2O2. The van der Waals surface area contributed by atoms with E-state index in [1.54, 1.807) is 19.3 Å². The number of benzene rings is 1. The average molecular weight is 216 g/mol. The van der Waals surface area contributed by atoms with E-state index in [2.05, 4.69) is 10.2 Å². The number of nitrogens with zero attached hydrogens (tertiary/aromatic N) is 2. The van der Waals surface area contributed by atoms with Gasteiger partial charge in [0.1, 0.15) is 0 Å². The minimum absolute atomic E-state index is 0.390. The molecule has 1 atom stereocenters. The lowest BCUT2D eigenvalue weighted by atomic mass is 9.97. The summed E-state index contributed by atoms with van der Waals surface area (Å²) in [5, 5.41) is 18.5. The van der Waals surface area contributed by atoms with Crippen LogP contribution >= 0.6 is 0 Å². The number of hydrogen-bond acceptors (Lipinski definition) is 3. The van der Waals surface area contributed by atoms with E-state index in [0.717, 1.165) is 16.3 Å². The second-order valence-electron chi connectivity index (χ2n) is 3.85. The maximum atomic E-state index is 10.8. The summed E-state index contributed by atoms with van der Waals surface area (Å²) in [5.41, 5.74) is 1.00. The molecule has 0 fully saturated rings. The predicted molar refractivity (Wildman–Crippen MR) is 60.0 cm³/mol. The van der Waals surface area contributed by atoms with Crippen LogP contribution in [0.3, 0.4) is 0 Å². The first-order chi connectivity index (χ1) is 7.68. The van der Waals surface area contributed by atoms with Gasteiger partial charge in [0.15, 0.2) is 0 Å². The zero-order chi connectivity index (χ0) is 11.5. The summed E-state index contributed by atoms with van der Waals surface area (Å²) in [5.74, 6) is -1.17. The number of hydrogen-bond donors (Lipinski definition) is 1. The number of carboxylic acid groups (broad SMARTS) is 1. The van der Waals surface area contributed by atoms with Gasteiger partial charge in [-0.25, -0.2) is 0 Å². The van der Waals surface area contributed by atoms with Crippen LogP contribution in [0.2, 0.25) is 0 Å². The number of rotatable bonds is 3. The summed E-state index contributed by atoms with van der Waals surface area (Å²) in [6.07, 6.45) is 3.88. The van der Waals surface area contributed by atoms with E-state index in [1.807, 2.05) is 18.2 Å². The second-order valence-corrected chi connectivity index (χ2v) is 3.85. The average Bonchev–Trinajstić information content (AvgIpc) is 2.29. The first-order valence-electron chi connectivity index (χ1n) is 5.09. The van der Waals surface area contributed by atoms with Crippen molar-refractivity contribution in [3.05, 3.63) is 36.2 Å². The standard InChI is InChI=1S/C12H12N2O2/c1-8(12(15)16)5-9-3-2-4-10-6-13-14-7-11(9)10/h2-4,6-8H,5H2,1H3,(H,15,16). The molecule has 2 aromatic rings. The van der Waals surface area contributed by atoms with Gasteiger partial charge in [-0.15, -0.1) is 0 Å². The molecular weight excluding hydrogens is 204 g/mol. The summed E-state index contributed by atoms with van der Waals surface area (Å²) in [4.78, 5) is 10.8. The normalized spacial score (nSPS) is 12.6. The van der Waals surface area contributed by atoms with Gasteiger partial charge in [-0.1, -0.05) is 25.1 Å². The molecule has 1 aromatic carbocycles. The van der Waals surface area contributed by atoms with Crippen molar-refractivity contribution in [1.29, 1.82) is 0 Å². The maximum Gasteiger partial charge on any atom is 0.306 e. The molecule has 0 aliphatic carbocycles. The van der Waals surface area contributed by atoms with Crippen LogP contribution in [0.15, 0.2) is 30.6 Å². The van der Waals surface area contributed by atoms with Crippen LogP contribution in [0, 0.1) is 5.92 Å².